The lowest BCUT2D eigenvalue weighted by Gasteiger charge is -2.47. The molecular weight excluding hydrogens is 546 g/mol. The summed E-state index contributed by atoms with van der Waals surface area (Å²) in [6.07, 6.45) is -10.9. The van der Waals surface area contributed by atoms with Gasteiger partial charge < -0.3 is 14.5 Å². The highest BCUT2D eigenvalue weighted by molar-refractivity contribution is 6.35. The fourth-order valence-corrected chi connectivity index (χ4v) is 4.94. The number of halogens is 9. The predicted octanol–water partition coefficient (Wildman–Crippen LogP) is 5.24. The summed E-state index contributed by atoms with van der Waals surface area (Å²) in [5.74, 6) is -3.07. The molecular formula is C21H12Cl2F7N3O3. The molecule has 0 saturated carbocycles. The summed E-state index contributed by atoms with van der Waals surface area (Å²) >= 11 is 11.4. The van der Waals surface area contributed by atoms with Gasteiger partial charge in [0.05, 0.1) is 47.6 Å². The molecule has 6 nitrogen and oxygen atoms in total. The van der Waals surface area contributed by atoms with Crippen LogP contribution in [0.1, 0.15) is 28.9 Å². The fourth-order valence-electron chi connectivity index (χ4n) is 4.46. The number of rotatable bonds is 2. The molecule has 0 radical (unpaired) electrons. The number of aromatic nitrogens is 1. The quantitative estimate of drug-likeness (QED) is 0.374. The maximum Gasteiger partial charge on any atom is 0.471 e. The van der Waals surface area contributed by atoms with Crippen LogP contribution in [0.5, 0.6) is 0 Å². The first kappa shape index (κ1) is 25.0. The Balaban J connectivity index is 1.41. The van der Waals surface area contributed by atoms with Crippen LogP contribution < -0.4 is 0 Å². The third-order valence-electron chi connectivity index (χ3n) is 6.30. The summed E-state index contributed by atoms with van der Waals surface area (Å²) in [7, 11) is 0. The maximum absolute atomic E-state index is 14.2. The Morgan fingerprint density at radius 1 is 1.06 bits per heavy atom. The molecule has 1 aromatic heterocycles. The first-order valence-electron chi connectivity index (χ1n) is 10.1. The second-order valence-corrected chi connectivity index (χ2v) is 9.33. The Morgan fingerprint density at radius 3 is 2.28 bits per heavy atom. The van der Waals surface area contributed by atoms with Crippen LogP contribution >= 0.6 is 23.2 Å². The van der Waals surface area contributed by atoms with E-state index in [1.807, 2.05) is 0 Å². The molecule has 1 atom stereocenters. The molecule has 2 aromatic rings. The monoisotopic (exact) mass is 557 g/mol. The largest absolute Gasteiger partial charge is 0.471 e. The third-order valence-corrected chi connectivity index (χ3v) is 6.85. The van der Waals surface area contributed by atoms with Crippen molar-refractivity contribution in [2.45, 2.75) is 36.6 Å². The van der Waals surface area contributed by atoms with Gasteiger partial charge in [-0.1, -0.05) is 34.4 Å². The van der Waals surface area contributed by atoms with Crippen molar-refractivity contribution in [3.8, 4) is 0 Å². The molecule has 1 unspecified atom stereocenters. The predicted molar refractivity (Wildman–Crippen MR) is 110 cm³/mol. The van der Waals surface area contributed by atoms with Gasteiger partial charge in [-0.3, -0.25) is 4.79 Å². The number of pyridine rings is 1. The molecule has 1 saturated heterocycles. The number of carbonyl (C=O) groups excluding carboxylic acids is 1. The number of benzene rings is 1. The van der Waals surface area contributed by atoms with E-state index in [1.54, 1.807) is 0 Å². The number of nitrogens with zero attached hydrogens (tertiary/aromatic N) is 3. The van der Waals surface area contributed by atoms with Crippen molar-refractivity contribution in [1.82, 2.24) is 9.88 Å². The van der Waals surface area contributed by atoms with Gasteiger partial charge in [0.2, 0.25) is 0 Å². The number of hydrogen-bond acceptors (Lipinski definition) is 5. The van der Waals surface area contributed by atoms with E-state index < -0.39 is 57.3 Å². The lowest BCUT2D eigenvalue weighted by atomic mass is 9.85. The molecule has 0 N–H and O–H groups in total. The Labute approximate surface area is 207 Å². The van der Waals surface area contributed by atoms with Gasteiger partial charge in [0, 0.05) is 11.1 Å². The smallest absolute Gasteiger partial charge is 0.374 e. The summed E-state index contributed by atoms with van der Waals surface area (Å²) in [6, 6.07) is 4.31. The van der Waals surface area contributed by atoms with Crippen molar-refractivity contribution >= 4 is 34.8 Å². The zero-order chi connectivity index (χ0) is 26.3. The molecule has 3 aliphatic heterocycles. The van der Waals surface area contributed by atoms with Gasteiger partial charge in [-0.2, -0.15) is 26.3 Å². The minimum absolute atomic E-state index is 0.0161. The topological polar surface area (TPSA) is 64.0 Å². The van der Waals surface area contributed by atoms with Crippen LogP contribution in [0.15, 0.2) is 29.4 Å². The van der Waals surface area contributed by atoms with Crippen molar-refractivity contribution in [2.75, 3.05) is 13.1 Å². The summed E-state index contributed by atoms with van der Waals surface area (Å²) < 4.78 is 100.0. The lowest BCUT2D eigenvalue weighted by Crippen LogP contribution is -2.63. The number of alkyl halides is 6. The number of likely N-dealkylation sites (tertiary alicyclic amines) is 1. The van der Waals surface area contributed by atoms with E-state index in [0.29, 0.717) is 10.5 Å². The van der Waals surface area contributed by atoms with Gasteiger partial charge >= 0.3 is 18.3 Å². The van der Waals surface area contributed by atoms with E-state index in [9.17, 15) is 35.5 Å². The van der Waals surface area contributed by atoms with E-state index >= 15 is 0 Å². The van der Waals surface area contributed by atoms with Crippen molar-refractivity contribution in [2.24, 2.45) is 5.16 Å². The van der Waals surface area contributed by atoms with Gasteiger partial charge in [-0.25, -0.2) is 9.37 Å². The Morgan fingerprint density at radius 2 is 1.69 bits per heavy atom. The van der Waals surface area contributed by atoms with Crippen molar-refractivity contribution in [1.29, 1.82) is 0 Å². The molecule has 0 bridgehead atoms. The fraction of sp³-hybridized carbons (Fsp3) is 0.381. The number of carbonyl (C=O) groups is 1. The van der Waals surface area contributed by atoms with Crippen LogP contribution in [-0.4, -0.2) is 46.9 Å². The Kier molecular flexibility index (Phi) is 5.51. The minimum Gasteiger partial charge on any atom is -0.374 e. The number of hydrogen-bond donors (Lipinski definition) is 0. The van der Waals surface area contributed by atoms with Gasteiger partial charge in [0.15, 0.2) is 5.82 Å². The summed E-state index contributed by atoms with van der Waals surface area (Å²) in [5.41, 5.74) is -4.20. The lowest BCUT2D eigenvalue weighted by molar-refractivity contribution is -0.275. The molecule has 36 heavy (non-hydrogen) atoms. The maximum atomic E-state index is 14.2. The highest BCUT2D eigenvalue weighted by Gasteiger charge is 2.63. The van der Waals surface area contributed by atoms with Crippen LogP contribution in [-0.2, 0) is 32.2 Å². The van der Waals surface area contributed by atoms with Crippen LogP contribution in [0.3, 0.4) is 0 Å². The number of oxime groups is 1. The molecule has 0 aliphatic carbocycles. The number of ether oxygens (including phenoxy) is 1. The van der Waals surface area contributed by atoms with Crippen LogP contribution in [0.2, 0.25) is 10.0 Å². The average Bonchev–Trinajstić information content (AvgIpc) is 3.37. The van der Waals surface area contributed by atoms with Crippen LogP contribution in [0.4, 0.5) is 30.7 Å². The standard InChI is InChI=1S/C21H12Cl2F7N3O3/c22-11-3-9(4-12(23)16(11)24)19(21(28,29)30)5-14(32-36-19)13-2-1-10-15(31-13)6-35-18(10)7-33(8-18)17(34)20(25,26)27/h1-4H,5-8H2. The zero-order valence-electron chi connectivity index (χ0n) is 17.6. The zero-order valence-corrected chi connectivity index (χ0v) is 19.1. The van der Waals surface area contributed by atoms with Gasteiger partial charge in [-0.15, -0.1) is 0 Å². The van der Waals surface area contributed by atoms with Gasteiger partial charge in [0.1, 0.15) is 11.3 Å². The summed E-state index contributed by atoms with van der Waals surface area (Å²) in [4.78, 5) is 21.2. The molecule has 1 amide bonds. The van der Waals surface area contributed by atoms with Gasteiger partial charge in [-0.05, 0) is 18.2 Å². The molecule has 1 aromatic carbocycles. The highest BCUT2D eigenvalue weighted by Crippen LogP contribution is 2.50. The summed E-state index contributed by atoms with van der Waals surface area (Å²) in [5, 5.41) is 2.32. The number of amides is 1. The van der Waals surface area contributed by atoms with Crippen molar-refractivity contribution in [3.05, 3.63) is 62.6 Å². The Bertz CT molecular complexity index is 1290. The molecule has 4 heterocycles. The van der Waals surface area contributed by atoms with Gasteiger partial charge in [0.25, 0.3) is 5.60 Å². The van der Waals surface area contributed by atoms with Crippen LogP contribution in [0, 0.1) is 5.82 Å². The highest BCUT2D eigenvalue weighted by atomic mass is 35.5. The minimum atomic E-state index is -5.02. The second kappa shape index (κ2) is 7.93. The number of fused-ring (bicyclic) bond motifs is 2. The van der Waals surface area contributed by atoms with E-state index in [1.165, 1.54) is 12.1 Å². The molecule has 15 heteroatoms. The summed E-state index contributed by atoms with van der Waals surface area (Å²) in [6.45, 7) is -0.807. The first-order valence-corrected chi connectivity index (χ1v) is 10.9. The molecule has 1 spiro atoms. The van der Waals surface area contributed by atoms with Crippen molar-refractivity contribution < 1.29 is 45.1 Å². The van der Waals surface area contributed by atoms with E-state index in [4.69, 9.17) is 32.8 Å². The van der Waals surface area contributed by atoms with E-state index in [-0.39, 0.29) is 36.8 Å². The third kappa shape index (κ3) is 3.70. The normalized spacial score (nSPS) is 22.8. The average molecular weight is 558 g/mol. The van der Waals surface area contributed by atoms with Crippen LogP contribution in [0.25, 0.3) is 0 Å². The Hall–Kier alpha value is -2.64. The SMILES string of the molecule is O=C(N1CC2(C1)OCc1nc(C3=NOC(c4cc(Cl)c(F)c(Cl)c4)(C(F)(F)F)C3)ccc12)C(F)(F)F. The molecule has 192 valence electrons. The molecule has 5 rings (SSSR count). The molecule has 3 aliphatic rings. The van der Waals surface area contributed by atoms with Crippen molar-refractivity contribution in [3.63, 3.8) is 0 Å². The van der Waals surface area contributed by atoms with E-state index in [2.05, 4.69) is 10.1 Å². The first-order chi connectivity index (χ1) is 16.7. The van der Waals surface area contributed by atoms with E-state index in [0.717, 1.165) is 12.1 Å². The second-order valence-electron chi connectivity index (χ2n) is 8.52. The molecule has 1 fully saturated rings.